The molecular weight excluding hydrogens is 320 g/mol. The first-order valence-electron chi connectivity index (χ1n) is 7.62. The van der Waals surface area contributed by atoms with Gasteiger partial charge < -0.3 is 15.1 Å². The van der Waals surface area contributed by atoms with E-state index in [4.69, 9.17) is 16.6 Å². The Morgan fingerprint density at radius 2 is 1.54 bits per heavy atom. The summed E-state index contributed by atoms with van der Waals surface area (Å²) < 4.78 is 5.25. The summed E-state index contributed by atoms with van der Waals surface area (Å²) in [6, 6.07) is 13.2. The molecule has 2 aromatic carbocycles. The van der Waals surface area contributed by atoms with Crippen LogP contribution in [-0.4, -0.2) is 5.11 Å². The van der Waals surface area contributed by atoms with Gasteiger partial charge in [-0.15, -0.1) is 0 Å². The Labute approximate surface area is 145 Å². The first-order chi connectivity index (χ1) is 11.4. The predicted octanol–water partition coefficient (Wildman–Crippen LogP) is 4.53. The van der Waals surface area contributed by atoms with Crippen LogP contribution in [0.2, 0.25) is 0 Å². The van der Waals surface area contributed by atoms with E-state index in [1.165, 1.54) is 17.2 Å². The smallest absolute Gasteiger partial charge is 0.336 e. The van der Waals surface area contributed by atoms with E-state index in [9.17, 15) is 4.79 Å². The second kappa shape index (κ2) is 6.45. The van der Waals surface area contributed by atoms with Gasteiger partial charge in [0.2, 0.25) is 0 Å². The first-order valence-corrected chi connectivity index (χ1v) is 8.03. The van der Waals surface area contributed by atoms with Gasteiger partial charge >= 0.3 is 5.63 Å². The predicted molar refractivity (Wildman–Crippen MR) is 103 cm³/mol. The number of hydrogen-bond donors (Lipinski definition) is 2. The maximum absolute atomic E-state index is 11.5. The lowest BCUT2D eigenvalue weighted by molar-refractivity contribution is 0.560. The van der Waals surface area contributed by atoms with Crippen molar-refractivity contribution in [2.24, 2.45) is 0 Å². The number of fused-ring (bicyclic) bond motifs is 1. The van der Waals surface area contributed by atoms with E-state index in [-0.39, 0.29) is 5.63 Å². The topological polar surface area (TPSA) is 54.3 Å². The first kappa shape index (κ1) is 16.2. The van der Waals surface area contributed by atoms with Gasteiger partial charge in [0.1, 0.15) is 5.58 Å². The molecule has 1 aromatic heterocycles. The Bertz CT molecular complexity index is 992. The van der Waals surface area contributed by atoms with E-state index >= 15 is 0 Å². The van der Waals surface area contributed by atoms with Crippen molar-refractivity contribution in [1.29, 1.82) is 0 Å². The van der Waals surface area contributed by atoms with Crippen LogP contribution in [0, 0.1) is 20.8 Å². The van der Waals surface area contributed by atoms with Gasteiger partial charge in [0.05, 0.1) is 0 Å². The average Bonchev–Trinajstić information content (AvgIpc) is 2.50. The molecule has 0 amide bonds. The summed E-state index contributed by atoms with van der Waals surface area (Å²) in [4.78, 5) is 11.5. The Morgan fingerprint density at radius 3 is 2.25 bits per heavy atom. The second-order valence-corrected chi connectivity index (χ2v) is 6.25. The van der Waals surface area contributed by atoms with Crippen molar-refractivity contribution >= 4 is 39.7 Å². The van der Waals surface area contributed by atoms with E-state index in [1.54, 1.807) is 6.07 Å². The van der Waals surface area contributed by atoms with Crippen LogP contribution in [0.15, 0.2) is 51.7 Å². The molecule has 122 valence electrons. The number of nitrogens with one attached hydrogen (secondary N) is 2. The van der Waals surface area contributed by atoms with Crippen LogP contribution in [0.1, 0.15) is 16.7 Å². The molecule has 0 atom stereocenters. The van der Waals surface area contributed by atoms with Gasteiger partial charge in [-0.3, -0.25) is 0 Å². The van der Waals surface area contributed by atoms with Crippen molar-refractivity contribution in [3.8, 4) is 0 Å². The van der Waals surface area contributed by atoms with Crippen LogP contribution in [0.4, 0.5) is 11.4 Å². The molecular formula is C19H18N2O2S. The highest BCUT2D eigenvalue weighted by Crippen LogP contribution is 2.21. The van der Waals surface area contributed by atoms with Crippen molar-refractivity contribution in [2.45, 2.75) is 20.8 Å². The number of anilines is 2. The standard InChI is InChI=1S/C19H18N2O2S/c1-11-4-5-14(8-12(11)2)20-19(24)21-15-6-7-16-13(3)9-18(22)23-17(16)10-15/h4-10H,1-3H3,(H2,20,21,24). The maximum atomic E-state index is 11.5. The van der Waals surface area contributed by atoms with Gasteiger partial charge in [-0.25, -0.2) is 4.79 Å². The molecule has 3 rings (SSSR count). The largest absolute Gasteiger partial charge is 0.423 e. The van der Waals surface area contributed by atoms with Crippen molar-refractivity contribution in [1.82, 2.24) is 0 Å². The van der Waals surface area contributed by atoms with E-state index in [0.717, 1.165) is 22.3 Å². The molecule has 4 nitrogen and oxygen atoms in total. The molecule has 0 radical (unpaired) electrons. The molecule has 0 bridgehead atoms. The maximum Gasteiger partial charge on any atom is 0.336 e. The minimum Gasteiger partial charge on any atom is -0.423 e. The summed E-state index contributed by atoms with van der Waals surface area (Å²) in [5, 5.41) is 7.66. The number of hydrogen-bond acceptors (Lipinski definition) is 3. The van der Waals surface area contributed by atoms with E-state index in [2.05, 4.69) is 24.5 Å². The van der Waals surface area contributed by atoms with Crippen LogP contribution in [0.5, 0.6) is 0 Å². The van der Waals surface area contributed by atoms with Gasteiger partial charge in [-0.2, -0.15) is 0 Å². The van der Waals surface area contributed by atoms with Crippen LogP contribution >= 0.6 is 12.2 Å². The molecule has 0 aliphatic carbocycles. The van der Waals surface area contributed by atoms with Crippen molar-refractivity contribution < 1.29 is 4.42 Å². The highest BCUT2D eigenvalue weighted by molar-refractivity contribution is 7.80. The van der Waals surface area contributed by atoms with Crippen LogP contribution in [0.3, 0.4) is 0 Å². The highest BCUT2D eigenvalue weighted by Gasteiger charge is 2.05. The lowest BCUT2D eigenvalue weighted by Crippen LogP contribution is -2.19. The minimum atomic E-state index is -0.354. The van der Waals surface area contributed by atoms with Crippen molar-refractivity contribution in [2.75, 3.05) is 10.6 Å². The minimum absolute atomic E-state index is 0.354. The Kier molecular flexibility index (Phi) is 4.36. The number of thiocarbonyl (C=S) groups is 1. The van der Waals surface area contributed by atoms with E-state index in [0.29, 0.717) is 10.7 Å². The van der Waals surface area contributed by atoms with Crippen LogP contribution in [0.25, 0.3) is 11.0 Å². The van der Waals surface area contributed by atoms with Gasteiger partial charge in [-0.1, -0.05) is 6.07 Å². The van der Waals surface area contributed by atoms with E-state index < -0.39 is 0 Å². The Morgan fingerprint density at radius 1 is 0.875 bits per heavy atom. The monoisotopic (exact) mass is 338 g/mol. The summed E-state index contributed by atoms with van der Waals surface area (Å²) in [6.45, 7) is 6.02. The molecule has 0 saturated heterocycles. The summed E-state index contributed by atoms with van der Waals surface area (Å²) in [5.41, 5.74) is 5.21. The normalized spacial score (nSPS) is 10.6. The molecule has 5 heteroatoms. The van der Waals surface area contributed by atoms with Crippen LogP contribution in [-0.2, 0) is 0 Å². The fourth-order valence-corrected chi connectivity index (χ4v) is 2.75. The highest BCUT2D eigenvalue weighted by atomic mass is 32.1. The fourth-order valence-electron chi connectivity index (χ4n) is 2.52. The second-order valence-electron chi connectivity index (χ2n) is 5.84. The fraction of sp³-hybridized carbons (Fsp3) is 0.158. The average molecular weight is 338 g/mol. The summed E-state index contributed by atoms with van der Waals surface area (Å²) in [6.07, 6.45) is 0. The molecule has 2 N–H and O–H groups in total. The summed E-state index contributed by atoms with van der Waals surface area (Å²) in [7, 11) is 0. The molecule has 0 fully saturated rings. The SMILES string of the molecule is Cc1ccc(NC(=S)Nc2ccc3c(C)cc(=O)oc3c2)cc1C. The molecule has 0 spiro atoms. The summed E-state index contributed by atoms with van der Waals surface area (Å²) in [5.74, 6) is 0. The zero-order valence-corrected chi connectivity index (χ0v) is 14.6. The molecule has 0 unspecified atom stereocenters. The summed E-state index contributed by atoms with van der Waals surface area (Å²) >= 11 is 5.35. The number of benzene rings is 2. The molecule has 1 heterocycles. The lowest BCUT2D eigenvalue weighted by atomic mass is 10.1. The number of rotatable bonds is 2. The Hall–Kier alpha value is -2.66. The molecule has 24 heavy (non-hydrogen) atoms. The van der Waals surface area contributed by atoms with Gasteiger partial charge in [0.25, 0.3) is 0 Å². The number of aryl methyl sites for hydroxylation is 3. The Balaban J connectivity index is 1.80. The molecule has 3 aromatic rings. The zero-order chi connectivity index (χ0) is 17.3. The van der Waals surface area contributed by atoms with E-state index in [1.807, 2.05) is 37.3 Å². The third-order valence-corrected chi connectivity index (χ3v) is 4.18. The third kappa shape index (κ3) is 3.46. The van der Waals surface area contributed by atoms with Gasteiger partial charge in [0, 0.05) is 28.9 Å². The van der Waals surface area contributed by atoms with Gasteiger partial charge in [0.15, 0.2) is 5.11 Å². The van der Waals surface area contributed by atoms with Crippen LogP contribution < -0.4 is 16.3 Å². The molecule has 0 saturated carbocycles. The zero-order valence-electron chi connectivity index (χ0n) is 13.8. The third-order valence-electron chi connectivity index (χ3n) is 3.97. The quantitative estimate of drug-likeness (QED) is 0.531. The van der Waals surface area contributed by atoms with Crippen molar-refractivity contribution in [3.63, 3.8) is 0 Å². The molecule has 0 aliphatic rings. The van der Waals surface area contributed by atoms with Gasteiger partial charge in [-0.05, 0) is 73.9 Å². The molecule has 0 aliphatic heterocycles. The van der Waals surface area contributed by atoms with Crippen molar-refractivity contribution in [3.05, 3.63) is 69.6 Å². The lowest BCUT2D eigenvalue weighted by Gasteiger charge is -2.12.